The monoisotopic (exact) mass is 421 g/mol. The van der Waals surface area contributed by atoms with Crippen molar-refractivity contribution in [3.8, 4) is 0 Å². The number of rotatable bonds is 3. The number of alkyl halides is 3. The van der Waals surface area contributed by atoms with Crippen LogP contribution >= 0.6 is 0 Å². The van der Waals surface area contributed by atoms with Crippen molar-refractivity contribution in [2.45, 2.75) is 25.1 Å². The molecule has 1 aromatic carbocycles. The highest BCUT2D eigenvalue weighted by Crippen LogP contribution is 2.32. The lowest BCUT2D eigenvalue weighted by atomic mass is 10.1. The topological polar surface area (TPSA) is 57.0 Å². The number of hydrogen-bond donors (Lipinski definition) is 0. The fourth-order valence-corrected chi connectivity index (χ4v) is 4.08. The molecule has 1 atom stereocenters. The van der Waals surface area contributed by atoms with E-state index in [1.54, 1.807) is 28.0 Å². The first-order valence-electron chi connectivity index (χ1n) is 9.90. The van der Waals surface area contributed by atoms with Crippen LogP contribution < -0.4 is 4.90 Å². The highest BCUT2D eigenvalue weighted by molar-refractivity contribution is 5.96. The Morgan fingerprint density at radius 1 is 1.00 bits per heavy atom. The molecule has 30 heavy (non-hydrogen) atoms. The summed E-state index contributed by atoms with van der Waals surface area (Å²) in [7, 11) is 0. The van der Waals surface area contributed by atoms with E-state index in [0.717, 1.165) is 18.6 Å². The predicted octanol–water partition coefficient (Wildman–Crippen LogP) is 3.25. The summed E-state index contributed by atoms with van der Waals surface area (Å²) in [6, 6.07) is 7.91. The van der Waals surface area contributed by atoms with E-state index in [-0.39, 0.29) is 17.6 Å². The molecule has 0 saturated carbocycles. The molecule has 1 aromatic heterocycles. The standard InChI is InChI=1S/C21H22F3N3O3/c22-21(23,24)15-4-1-5-16(14-15)25-9-11-26(12-10-25)19(28)17-6-2-8-27(17)20(29)18-7-3-13-30-18/h1,3-5,7,13-14,17H,2,6,8-12H2. The van der Waals surface area contributed by atoms with E-state index >= 15 is 0 Å². The fourth-order valence-electron chi connectivity index (χ4n) is 4.08. The second-order valence-electron chi connectivity index (χ2n) is 7.49. The molecule has 0 bridgehead atoms. The van der Waals surface area contributed by atoms with Crippen molar-refractivity contribution in [3.05, 3.63) is 54.0 Å². The van der Waals surface area contributed by atoms with Gasteiger partial charge in [0.25, 0.3) is 5.91 Å². The van der Waals surface area contributed by atoms with E-state index in [1.807, 2.05) is 4.90 Å². The van der Waals surface area contributed by atoms with Crippen LogP contribution in [0.3, 0.4) is 0 Å². The molecule has 3 heterocycles. The molecule has 4 rings (SSSR count). The van der Waals surface area contributed by atoms with Gasteiger partial charge in [0, 0.05) is 38.4 Å². The van der Waals surface area contributed by atoms with Crippen LogP contribution in [0.25, 0.3) is 0 Å². The summed E-state index contributed by atoms with van der Waals surface area (Å²) < 4.78 is 44.1. The number of benzene rings is 1. The Kier molecular flexibility index (Phi) is 5.44. The maximum Gasteiger partial charge on any atom is 0.416 e. The summed E-state index contributed by atoms with van der Waals surface area (Å²) in [5, 5.41) is 0. The van der Waals surface area contributed by atoms with Gasteiger partial charge in [-0.1, -0.05) is 6.07 Å². The van der Waals surface area contributed by atoms with E-state index in [1.165, 1.54) is 12.3 Å². The van der Waals surface area contributed by atoms with Crippen LogP contribution in [0, 0.1) is 0 Å². The van der Waals surface area contributed by atoms with Gasteiger partial charge in [-0.25, -0.2) is 0 Å². The SMILES string of the molecule is O=C(C1CCCN1C(=O)c1ccco1)N1CCN(c2cccc(C(F)(F)F)c2)CC1. The largest absolute Gasteiger partial charge is 0.459 e. The summed E-state index contributed by atoms with van der Waals surface area (Å²) in [5.74, 6) is -0.196. The minimum atomic E-state index is -4.39. The first-order valence-corrected chi connectivity index (χ1v) is 9.90. The summed E-state index contributed by atoms with van der Waals surface area (Å²) in [6.45, 7) is 2.17. The van der Waals surface area contributed by atoms with Crippen molar-refractivity contribution < 1.29 is 27.2 Å². The smallest absolute Gasteiger partial charge is 0.416 e. The zero-order valence-corrected chi connectivity index (χ0v) is 16.3. The third kappa shape index (κ3) is 4.01. The van der Waals surface area contributed by atoms with Gasteiger partial charge in [-0.05, 0) is 43.2 Å². The van der Waals surface area contributed by atoms with E-state index in [0.29, 0.717) is 44.8 Å². The Morgan fingerprint density at radius 2 is 1.77 bits per heavy atom. The van der Waals surface area contributed by atoms with Gasteiger partial charge in [0.2, 0.25) is 5.91 Å². The van der Waals surface area contributed by atoms with E-state index in [9.17, 15) is 22.8 Å². The quantitative estimate of drug-likeness (QED) is 0.764. The summed E-state index contributed by atoms with van der Waals surface area (Å²) in [5.41, 5.74) is -0.191. The van der Waals surface area contributed by atoms with Gasteiger partial charge in [-0.3, -0.25) is 9.59 Å². The van der Waals surface area contributed by atoms with Crippen LogP contribution in [-0.4, -0.2) is 60.4 Å². The molecule has 2 fully saturated rings. The molecule has 160 valence electrons. The Bertz CT molecular complexity index is 906. The van der Waals surface area contributed by atoms with Crippen LogP contribution in [0.2, 0.25) is 0 Å². The zero-order valence-electron chi connectivity index (χ0n) is 16.3. The van der Waals surface area contributed by atoms with Gasteiger partial charge in [0.1, 0.15) is 6.04 Å². The number of piperazine rings is 1. The molecule has 0 radical (unpaired) electrons. The van der Waals surface area contributed by atoms with Crippen molar-refractivity contribution in [1.29, 1.82) is 0 Å². The van der Waals surface area contributed by atoms with Gasteiger partial charge >= 0.3 is 6.18 Å². The Labute approximate surface area is 171 Å². The van der Waals surface area contributed by atoms with E-state index < -0.39 is 17.8 Å². The lowest BCUT2D eigenvalue weighted by molar-refractivity contribution is -0.137. The minimum absolute atomic E-state index is 0.115. The van der Waals surface area contributed by atoms with Crippen molar-refractivity contribution in [2.75, 3.05) is 37.6 Å². The van der Waals surface area contributed by atoms with Crippen molar-refractivity contribution >= 4 is 17.5 Å². The molecule has 2 amide bonds. The Hall–Kier alpha value is -2.97. The number of carbonyl (C=O) groups excluding carboxylic acids is 2. The lowest BCUT2D eigenvalue weighted by Crippen LogP contribution is -2.54. The summed E-state index contributed by atoms with van der Waals surface area (Å²) in [4.78, 5) is 30.8. The predicted molar refractivity (Wildman–Crippen MR) is 103 cm³/mol. The number of amides is 2. The van der Waals surface area contributed by atoms with Crippen LogP contribution in [0.4, 0.5) is 18.9 Å². The number of halogens is 3. The molecular formula is C21H22F3N3O3. The van der Waals surface area contributed by atoms with Gasteiger partial charge < -0.3 is 19.1 Å². The molecule has 0 aliphatic carbocycles. The van der Waals surface area contributed by atoms with Crippen LogP contribution in [0.5, 0.6) is 0 Å². The third-order valence-electron chi connectivity index (χ3n) is 5.66. The number of hydrogen-bond acceptors (Lipinski definition) is 4. The molecule has 2 saturated heterocycles. The molecular weight excluding hydrogens is 399 g/mol. The maximum atomic E-state index is 13.0. The molecule has 9 heteroatoms. The van der Waals surface area contributed by atoms with Gasteiger partial charge in [-0.15, -0.1) is 0 Å². The number of nitrogens with zero attached hydrogens (tertiary/aromatic N) is 3. The van der Waals surface area contributed by atoms with E-state index in [2.05, 4.69) is 0 Å². The third-order valence-corrected chi connectivity index (χ3v) is 5.66. The summed E-state index contributed by atoms with van der Waals surface area (Å²) >= 11 is 0. The molecule has 0 N–H and O–H groups in total. The first-order chi connectivity index (χ1) is 14.3. The highest BCUT2D eigenvalue weighted by Gasteiger charge is 2.38. The lowest BCUT2D eigenvalue weighted by Gasteiger charge is -2.38. The molecule has 0 spiro atoms. The normalized spacial score (nSPS) is 20.0. The van der Waals surface area contributed by atoms with Crippen molar-refractivity contribution in [3.63, 3.8) is 0 Å². The van der Waals surface area contributed by atoms with Gasteiger partial charge in [0.05, 0.1) is 11.8 Å². The maximum absolute atomic E-state index is 13.0. The minimum Gasteiger partial charge on any atom is -0.459 e. The van der Waals surface area contributed by atoms with Gasteiger partial charge in [-0.2, -0.15) is 13.2 Å². The van der Waals surface area contributed by atoms with Crippen LogP contribution in [0.15, 0.2) is 47.1 Å². The zero-order chi connectivity index (χ0) is 21.3. The molecule has 6 nitrogen and oxygen atoms in total. The van der Waals surface area contributed by atoms with Gasteiger partial charge in [0.15, 0.2) is 5.76 Å². The van der Waals surface area contributed by atoms with Crippen LogP contribution in [-0.2, 0) is 11.0 Å². The highest BCUT2D eigenvalue weighted by atomic mass is 19.4. The number of anilines is 1. The second-order valence-corrected chi connectivity index (χ2v) is 7.49. The fraction of sp³-hybridized carbons (Fsp3) is 0.429. The Balaban J connectivity index is 1.39. The van der Waals surface area contributed by atoms with E-state index in [4.69, 9.17) is 4.42 Å². The number of furan rings is 1. The Morgan fingerprint density at radius 3 is 2.43 bits per heavy atom. The molecule has 2 aliphatic heterocycles. The molecule has 2 aliphatic rings. The number of likely N-dealkylation sites (tertiary alicyclic amines) is 1. The second kappa shape index (κ2) is 8.04. The molecule has 2 aromatic rings. The summed E-state index contributed by atoms with van der Waals surface area (Å²) in [6.07, 6.45) is -1.63. The van der Waals surface area contributed by atoms with Crippen molar-refractivity contribution in [1.82, 2.24) is 9.80 Å². The average Bonchev–Trinajstić information content (AvgIpc) is 3.44. The molecule has 1 unspecified atom stereocenters. The van der Waals surface area contributed by atoms with Crippen LogP contribution in [0.1, 0.15) is 29.0 Å². The van der Waals surface area contributed by atoms with Crippen molar-refractivity contribution in [2.24, 2.45) is 0 Å². The first kappa shape index (κ1) is 20.3. The average molecular weight is 421 g/mol. The number of carbonyl (C=O) groups is 2.